The zero-order chi connectivity index (χ0) is 42.6. The molecule has 4 heterocycles. The van der Waals surface area contributed by atoms with Crippen molar-refractivity contribution in [2.24, 2.45) is 0 Å². The van der Waals surface area contributed by atoms with E-state index in [1.54, 1.807) is 0 Å². The summed E-state index contributed by atoms with van der Waals surface area (Å²) < 4.78 is 11.9. The summed E-state index contributed by atoms with van der Waals surface area (Å²) in [6.45, 7) is 0. The molecule has 4 aromatic heterocycles. The maximum atomic E-state index is 6.69. The Labute approximate surface area is 381 Å². The van der Waals surface area contributed by atoms with E-state index in [1.165, 1.54) is 73.5 Å². The first-order valence-corrected chi connectivity index (χ1v) is 23.6. The van der Waals surface area contributed by atoms with E-state index < -0.39 is 0 Å². The summed E-state index contributed by atoms with van der Waals surface area (Å²) in [6, 6.07) is 77.5. The van der Waals surface area contributed by atoms with Crippen LogP contribution in [0.5, 0.6) is 0 Å². The molecule has 14 rings (SSSR count). The molecule has 0 atom stereocenters. The predicted octanol–water partition coefficient (Wildman–Crippen LogP) is 18.4. The highest BCUT2D eigenvalue weighted by Gasteiger charge is 2.22. The Bertz CT molecular complexity index is 4120. The number of thiophene rings is 2. The monoisotopic (exact) mass is 861 g/mol. The first-order chi connectivity index (χ1) is 32.2. The van der Waals surface area contributed by atoms with Gasteiger partial charge in [-0.1, -0.05) is 133 Å². The van der Waals surface area contributed by atoms with Crippen molar-refractivity contribution in [2.45, 2.75) is 0 Å². The Balaban J connectivity index is 1.01. The molecule has 0 radical (unpaired) electrons. The standard InChI is InChI=1S/C61H35NOS2/c1-2-13-36(14-3-1)58-59-46-19-4-8-21-51(46)62-61(50(59)35-53-60(58)47-20-5-9-22-52(47)63-53)40-16-12-15-37(29-40)41-30-42(38-25-27-56-48(33-38)44-17-6-10-23-54(44)64-56)32-43(31-41)39-26-28-57-49(34-39)45-18-7-11-24-55(45)65-57/h1-35H. The second-order valence-corrected chi connectivity index (χ2v) is 19.2. The van der Waals surface area contributed by atoms with Crippen LogP contribution in [0.15, 0.2) is 217 Å². The van der Waals surface area contributed by atoms with Crippen molar-refractivity contribution in [3.8, 4) is 55.8 Å². The van der Waals surface area contributed by atoms with Gasteiger partial charge in [0.05, 0.1) is 11.2 Å². The summed E-state index contributed by atoms with van der Waals surface area (Å²) in [5.74, 6) is 0. The molecule has 14 aromatic rings. The van der Waals surface area contributed by atoms with Crippen LogP contribution in [0.2, 0.25) is 0 Å². The average molecular weight is 862 g/mol. The molecule has 65 heavy (non-hydrogen) atoms. The number of hydrogen-bond acceptors (Lipinski definition) is 4. The molecule has 10 aromatic carbocycles. The van der Waals surface area contributed by atoms with Crippen molar-refractivity contribution < 1.29 is 4.42 Å². The normalized spacial score (nSPS) is 12.0. The summed E-state index contributed by atoms with van der Waals surface area (Å²) >= 11 is 3.72. The van der Waals surface area contributed by atoms with Gasteiger partial charge < -0.3 is 4.42 Å². The van der Waals surface area contributed by atoms with Gasteiger partial charge in [0.15, 0.2) is 0 Å². The van der Waals surface area contributed by atoms with Crippen molar-refractivity contribution in [2.75, 3.05) is 0 Å². The van der Waals surface area contributed by atoms with Gasteiger partial charge in [-0.25, -0.2) is 4.98 Å². The molecule has 0 N–H and O–H groups in total. The zero-order valence-electron chi connectivity index (χ0n) is 34.9. The maximum absolute atomic E-state index is 6.69. The van der Waals surface area contributed by atoms with Crippen LogP contribution in [-0.4, -0.2) is 4.98 Å². The topological polar surface area (TPSA) is 26.0 Å². The van der Waals surface area contributed by atoms with Crippen molar-refractivity contribution >= 4 is 107 Å². The molecule has 0 saturated carbocycles. The van der Waals surface area contributed by atoms with Gasteiger partial charge in [0.1, 0.15) is 11.2 Å². The lowest BCUT2D eigenvalue weighted by Crippen LogP contribution is -1.93. The third-order valence-electron chi connectivity index (χ3n) is 13.2. The average Bonchev–Trinajstić information content (AvgIpc) is 4.06. The number of para-hydroxylation sites is 2. The molecule has 0 aliphatic heterocycles. The van der Waals surface area contributed by atoms with Crippen LogP contribution in [0.1, 0.15) is 0 Å². The Morgan fingerprint density at radius 3 is 1.48 bits per heavy atom. The first kappa shape index (κ1) is 36.6. The quantitative estimate of drug-likeness (QED) is 0.161. The summed E-state index contributed by atoms with van der Waals surface area (Å²) in [6.07, 6.45) is 0. The van der Waals surface area contributed by atoms with E-state index in [4.69, 9.17) is 9.40 Å². The summed E-state index contributed by atoms with van der Waals surface area (Å²) in [7, 11) is 0. The van der Waals surface area contributed by atoms with Gasteiger partial charge in [-0.15, -0.1) is 22.7 Å². The van der Waals surface area contributed by atoms with E-state index in [0.29, 0.717) is 0 Å². The van der Waals surface area contributed by atoms with Crippen molar-refractivity contribution in [3.05, 3.63) is 212 Å². The van der Waals surface area contributed by atoms with Gasteiger partial charge in [-0.2, -0.15) is 0 Å². The van der Waals surface area contributed by atoms with Crippen molar-refractivity contribution in [3.63, 3.8) is 0 Å². The van der Waals surface area contributed by atoms with Crippen molar-refractivity contribution in [1.29, 1.82) is 0 Å². The Hall–Kier alpha value is -7.89. The van der Waals surface area contributed by atoms with Crippen LogP contribution in [0, 0.1) is 0 Å². The highest BCUT2D eigenvalue weighted by atomic mass is 32.1. The van der Waals surface area contributed by atoms with E-state index in [-0.39, 0.29) is 0 Å². The molecule has 2 nitrogen and oxygen atoms in total. The van der Waals surface area contributed by atoms with E-state index in [0.717, 1.165) is 66.2 Å². The first-order valence-electron chi connectivity index (χ1n) is 22.0. The summed E-state index contributed by atoms with van der Waals surface area (Å²) in [5.41, 5.74) is 14.1. The van der Waals surface area contributed by atoms with Crippen LogP contribution in [-0.2, 0) is 0 Å². The number of fused-ring (bicyclic) bond motifs is 12. The minimum atomic E-state index is 0.857. The number of furan rings is 1. The fourth-order valence-electron chi connectivity index (χ4n) is 10.2. The van der Waals surface area contributed by atoms with Crippen LogP contribution in [0.25, 0.3) is 140 Å². The van der Waals surface area contributed by atoms with Gasteiger partial charge in [0, 0.05) is 78.4 Å². The second kappa shape index (κ2) is 14.3. The second-order valence-electron chi connectivity index (χ2n) is 17.0. The van der Waals surface area contributed by atoms with Crippen LogP contribution in [0.4, 0.5) is 0 Å². The van der Waals surface area contributed by atoms with Gasteiger partial charge in [-0.05, 0) is 118 Å². The lowest BCUT2D eigenvalue weighted by molar-refractivity contribution is 0.669. The fraction of sp³-hybridized carbons (Fsp3) is 0. The highest BCUT2D eigenvalue weighted by Crippen LogP contribution is 2.47. The van der Waals surface area contributed by atoms with E-state index in [9.17, 15) is 0 Å². The Kier molecular flexibility index (Phi) is 8.06. The lowest BCUT2D eigenvalue weighted by Gasteiger charge is -2.16. The molecule has 0 bridgehead atoms. The molecule has 0 unspecified atom stereocenters. The van der Waals surface area contributed by atoms with Gasteiger partial charge in [0.2, 0.25) is 0 Å². The number of nitrogens with zero attached hydrogens (tertiary/aromatic N) is 1. The molecule has 4 heteroatoms. The minimum Gasteiger partial charge on any atom is -0.456 e. The SMILES string of the molecule is c1ccc(-c2c3c(cc4c(-c5cccc(-c6cc(-c7ccc8sc9ccccc9c8c7)cc(-c7ccc8sc9ccccc9c8c7)c6)c5)nc5ccccc5c24)oc2ccccc23)cc1. The van der Waals surface area contributed by atoms with Gasteiger partial charge in [0.25, 0.3) is 0 Å². The molecule has 0 aliphatic rings. The number of hydrogen-bond donors (Lipinski definition) is 0. The molecule has 0 saturated heterocycles. The zero-order valence-corrected chi connectivity index (χ0v) is 36.5. The largest absolute Gasteiger partial charge is 0.456 e. The van der Waals surface area contributed by atoms with Gasteiger partial charge in [-0.3, -0.25) is 0 Å². The third-order valence-corrected chi connectivity index (χ3v) is 15.5. The molecular formula is C61H35NOS2. The van der Waals surface area contributed by atoms with Crippen LogP contribution in [0.3, 0.4) is 0 Å². The molecule has 302 valence electrons. The van der Waals surface area contributed by atoms with Gasteiger partial charge >= 0.3 is 0 Å². The van der Waals surface area contributed by atoms with E-state index >= 15 is 0 Å². The predicted molar refractivity (Wildman–Crippen MR) is 279 cm³/mol. The Morgan fingerprint density at radius 2 is 0.800 bits per heavy atom. The number of rotatable bonds is 5. The molecule has 0 amide bonds. The smallest absolute Gasteiger partial charge is 0.136 e. The maximum Gasteiger partial charge on any atom is 0.136 e. The highest BCUT2D eigenvalue weighted by molar-refractivity contribution is 7.26. The lowest BCUT2D eigenvalue weighted by atomic mass is 9.89. The van der Waals surface area contributed by atoms with E-state index in [1.807, 2.05) is 28.7 Å². The molecular weight excluding hydrogens is 827 g/mol. The van der Waals surface area contributed by atoms with Crippen molar-refractivity contribution in [1.82, 2.24) is 4.98 Å². The summed E-state index contributed by atoms with van der Waals surface area (Å²) in [4.78, 5) is 5.49. The van der Waals surface area contributed by atoms with E-state index in [2.05, 4.69) is 206 Å². The molecule has 0 aliphatic carbocycles. The number of aromatic nitrogens is 1. The number of benzene rings is 10. The Morgan fingerprint density at radius 1 is 0.292 bits per heavy atom. The number of pyridine rings is 1. The minimum absolute atomic E-state index is 0.857. The van der Waals surface area contributed by atoms with Crippen LogP contribution < -0.4 is 0 Å². The van der Waals surface area contributed by atoms with Crippen LogP contribution >= 0.6 is 22.7 Å². The summed E-state index contributed by atoms with van der Waals surface area (Å²) in [5, 5.41) is 10.8. The molecule has 0 fully saturated rings. The molecule has 0 spiro atoms. The fourth-order valence-corrected chi connectivity index (χ4v) is 12.4. The third kappa shape index (κ3) is 5.81.